The molecule has 1 aromatic heterocycles. The Kier molecular flexibility index (Phi) is 5.87. The van der Waals surface area contributed by atoms with Crippen LogP contribution in [0.1, 0.15) is 10.6 Å². The van der Waals surface area contributed by atoms with Crippen molar-refractivity contribution in [3.05, 3.63) is 70.7 Å². The van der Waals surface area contributed by atoms with Gasteiger partial charge in [-0.15, -0.1) is 11.3 Å². The molecule has 0 saturated carbocycles. The van der Waals surface area contributed by atoms with Gasteiger partial charge in [0.05, 0.1) is 16.3 Å². The second-order valence-corrected chi connectivity index (χ2v) is 6.60. The van der Waals surface area contributed by atoms with E-state index in [9.17, 15) is 13.6 Å². The molecule has 138 valence electrons. The van der Waals surface area contributed by atoms with Crippen molar-refractivity contribution in [3.8, 4) is 10.6 Å². The number of nitrogens with zero attached hydrogens (tertiary/aromatic N) is 2. The van der Waals surface area contributed by atoms with Gasteiger partial charge in [0, 0.05) is 11.6 Å². The minimum Gasteiger partial charge on any atom is -0.390 e. The summed E-state index contributed by atoms with van der Waals surface area (Å²) in [7, 11) is 0. The quantitative estimate of drug-likeness (QED) is 0.499. The zero-order valence-electron chi connectivity index (χ0n) is 14.3. The van der Waals surface area contributed by atoms with E-state index < -0.39 is 17.5 Å². The predicted molar refractivity (Wildman–Crippen MR) is 101 cm³/mol. The number of hydrogen-bond acceptors (Lipinski definition) is 5. The van der Waals surface area contributed by atoms with E-state index in [0.29, 0.717) is 6.07 Å². The molecule has 1 heterocycles. The van der Waals surface area contributed by atoms with Gasteiger partial charge in [-0.2, -0.15) is 0 Å². The van der Waals surface area contributed by atoms with Crippen LogP contribution in [0.15, 0.2) is 53.7 Å². The molecule has 1 amide bonds. The summed E-state index contributed by atoms with van der Waals surface area (Å²) in [6.45, 7) is 2.03. The van der Waals surface area contributed by atoms with E-state index in [0.717, 1.165) is 39.5 Å². The van der Waals surface area contributed by atoms with E-state index in [1.807, 2.05) is 37.3 Å². The molecule has 0 bridgehead atoms. The number of rotatable bonds is 6. The van der Waals surface area contributed by atoms with Crippen molar-refractivity contribution in [1.29, 1.82) is 0 Å². The van der Waals surface area contributed by atoms with Crippen LogP contribution in [0.4, 0.5) is 14.5 Å². The van der Waals surface area contributed by atoms with Crippen molar-refractivity contribution in [2.75, 3.05) is 5.32 Å². The lowest BCUT2D eigenvalue weighted by Crippen LogP contribution is -2.14. The zero-order valence-corrected chi connectivity index (χ0v) is 15.1. The van der Waals surface area contributed by atoms with Gasteiger partial charge in [0.2, 0.25) is 0 Å². The number of anilines is 1. The molecule has 1 N–H and O–H groups in total. The minimum atomic E-state index is -0.869. The minimum absolute atomic E-state index is 0.140. The van der Waals surface area contributed by atoms with Gasteiger partial charge in [-0.1, -0.05) is 35.5 Å². The normalized spacial score (nSPS) is 10.9. The first-order valence-electron chi connectivity index (χ1n) is 7.96. The number of halogens is 2. The van der Waals surface area contributed by atoms with Gasteiger partial charge in [0.15, 0.2) is 6.61 Å². The monoisotopic (exact) mass is 387 g/mol. The first-order chi connectivity index (χ1) is 13.0. The highest BCUT2D eigenvalue weighted by Crippen LogP contribution is 2.28. The van der Waals surface area contributed by atoms with Gasteiger partial charge in [-0.25, -0.2) is 13.8 Å². The molecule has 3 aromatic rings. The molecule has 0 aliphatic heterocycles. The standard InChI is InChI=1S/C19H15F2N3O2S/c1-12-17(27-19(23-12)13-5-3-2-4-6-13)11-26-22-10-18(25)24-16-8-7-14(20)9-15(16)21/h2-10H,11H2,1H3,(H,24,25)/b22-10+. The number of oxime groups is 1. The molecular weight excluding hydrogens is 372 g/mol. The molecule has 0 fully saturated rings. The highest BCUT2D eigenvalue weighted by molar-refractivity contribution is 7.15. The van der Waals surface area contributed by atoms with Crippen LogP contribution >= 0.6 is 11.3 Å². The summed E-state index contributed by atoms with van der Waals surface area (Å²) in [6.07, 6.45) is 0.886. The lowest BCUT2D eigenvalue weighted by molar-refractivity contribution is -0.110. The zero-order chi connectivity index (χ0) is 19.2. The number of nitrogens with one attached hydrogen (secondary N) is 1. The maximum Gasteiger partial charge on any atom is 0.270 e. The third-order valence-corrected chi connectivity index (χ3v) is 4.72. The lowest BCUT2D eigenvalue weighted by atomic mass is 10.2. The Morgan fingerprint density at radius 1 is 1.26 bits per heavy atom. The van der Waals surface area contributed by atoms with Gasteiger partial charge < -0.3 is 10.2 Å². The van der Waals surface area contributed by atoms with Crippen molar-refractivity contribution < 1.29 is 18.4 Å². The van der Waals surface area contributed by atoms with Gasteiger partial charge in [0.25, 0.3) is 5.91 Å². The fourth-order valence-electron chi connectivity index (χ4n) is 2.20. The summed E-state index contributed by atoms with van der Waals surface area (Å²) >= 11 is 1.48. The topological polar surface area (TPSA) is 63.6 Å². The highest BCUT2D eigenvalue weighted by Gasteiger charge is 2.10. The molecule has 0 aliphatic rings. The predicted octanol–water partition coefficient (Wildman–Crippen LogP) is 4.54. The smallest absolute Gasteiger partial charge is 0.270 e. The Hall–Kier alpha value is -3.13. The van der Waals surface area contributed by atoms with Crippen LogP contribution in [0.2, 0.25) is 0 Å². The van der Waals surface area contributed by atoms with Gasteiger partial charge in [-0.05, 0) is 19.1 Å². The van der Waals surface area contributed by atoms with Crippen LogP contribution in [-0.4, -0.2) is 17.1 Å². The maximum atomic E-state index is 13.5. The Labute approximate surface area is 158 Å². The summed E-state index contributed by atoms with van der Waals surface area (Å²) < 4.78 is 26.3. The van der Waals surface area contributed by atoms with Gasteiger partial charge in [0.1, 0.15) is 22.9 Å². The second-order valence-electron chi connectivity index (χ2n) is 5.51. The number of carbonyl (C=O) groups excluding carboxylic acids is 1. The average molecular weight is 387 g/mol. The lowest BCUT2D eigenvalue weighted by Gasteiger charge is -2.03. The molecule has 3 rings (SSSR count). The van der Waals surface area contributed by atoms with Crippen molar-refractivity contribution in [3.63, 3.8) is 0 Å². The van der Waals surface area contributed by atoms with Gasteiger partial charge >= 0.3 is 0 Å². The average Bonchev–Trinajstić information content (AvgIpc) is 3.03. The van der Waals surface area contributed by atoms with E-state index in [4.69, 9.17) is 4.84 Å². The molecule has 2 aromatic carbocycles. The SMILES string of the molecule is Cc1nc(-c2ccccc2)sc1CO/N=C/C(=O)Nc1ccc(F)cc1F. The van der Waals surface area contributed by atoms with E-state index in [2.05, 4.69) is 15.5 Å². The van der Waals surface area contributed by atoms with E-state index in [1.54, 1.807) is 0 Å². The van der Waals surface area contributed by atoms with Crippen LogP contribution in [0.5, 0.6) is 0 Å². The van der Waals surface area contributed by atoms with Crippen molar-refractivity contribution in [2.45, 2.75) is 13.5 Å². The Balaban J connectivity index is 1.55. The third-order valence-electron chi connectivity index (χ3n) is 3.54. The Bertz CT molecular complexity index is 974. The summed E-state index contributed by atoms with van der Waals surface area (Å²) in [5.74, 6) is -2.28. The number of carbonyl (C=O) groups is 1. The molecule has 8 heteroatoms. The van der Waals surface area contributed by atoms with Gasteiger partial charge in [-0.3, -0.25) is 4.79 Å². The van der Waals surface area contributed by atoms with Crippen molar-refractivity contribution in [1.82, 2.24) is 4.98 Å². The summed E-state index contributed by atoms with van der Waals surface area (Å²) in [5.41, 5.74) is 1.70. The second kappa shape index (κ2) is 8.50. The first kappa shape index (κ1) is 18.7. The van der Waals surface area contributed by atoms with Crippen LogP contribution in [-0.2, 0) is 16.2 Å². The van der Waals surface area contributed by atoms with E-state index >= 15 is 0 Å². The summed E-state index contributed by atoms with van der Waals surface area (Å²) in [4.78, 5) is 22.2. The summed E-state index contributed by atoms with van der Waals surface area (Å²) in [5, 5.41) is 6.71. The molecule has 27 heavy (non-hydrogen) atoms. The van der Waals surface area contributed by atoms with Crippen LogP contribution in [0.3, 0.4) is 0 Å². The molecule has 0 saturated heterocycles. The number of benzene rings is 2. The van der Waals surface area contributed by atoms with E-state index in [-0.39, 0.29) is 12.3 Å². The van der Waals surface area contributed by atoms with Crippen molar-refractivity contribution >= 4 is 29.1 Å². The molecular formula is C19H15F2N3O2S. The van der Waals surface area contributed by atoms with Crippen LogP contribution < -0.4 is 5.32 Å². The number of aryl methyl sites for hydroxylation is 1. The molecule has 0 atom stereocenters. The number of amides is 1. The first-order valence-corrected chi connectivity index (χ1v) is 8.77. The molecule has 0 unspecified atom stereocenters. The highest BCUT2D eigenvalue weighted by atomic mass is 32.1. The fraction of sp³-hybridized carbons (Fsp3) is 0.105. The molecule has 0 spiro atoms. The van der Waals surface area contributed by atoms with E-state index in [1.165, 1.54) is 11.3 Å². The number of aromatic nitrogens is 1. The molecule has 5 nitrogen and oxygen atoms in total. The third kappa shape index (κ3) is 4.95. The maximum absolute atomic E-state index is 13.5. The fourth-order valence-corrected chi connectivity index (χ4v) is 3.18. The molecule has 0 aliphatic carbocycles. The summed E-state index contributed by atoms with van der Waals surface area (Å²) in [6, 6.07) is 12.6. The van der Waals surface area contributed by atoms with Crippen molar-refractivity contribution in [2.24, 2.45) is 5.16 Å². The van der Waals surface area contributed by atoms with Crippen LogP contribution in [0, 0.1) is 18.6 Å². The Morgan fingerprint density at radius 3 is 2.78 bits per heavy atom. The Morgan fingerprint density at radius 2 is 2.04 bits per heavy atom. The molecule has 0 radical (unpaired) electrons. The number of thiazole rings is 1. The van der Waals surface area contributed by atoms with Crippen LogP contribution in [0.25, 0.3) is 10.6 Å². The largest absolute Gasteiger partial charge is 0.390 e. The number of hydrogen-bond donors (Lipinski definition) is 1.